The van der Waals surface area contributed by atoms with E-state index in [1.807, 2.05) is 48.5 Å². The number of fused-ring (bicyclic) bond motifs is 1. The molecule has 0 saturated carbocycles. The van der Waals surface area contributed by atoms with Crippen LogP contribution in [0.25, 0.3) is 11.2 Å². The fourth-order valence-corrected chi connectivity index (χ4v) is 3.76. The third kappa shape index (κ3) is 3.84. The monoisotopic (exact) mass is 417 g/mol. The van der Waals surface area contributed by atoms with E-state index in [1.165, 1.54) is 0 Å². The molecule has 1 saturated heterocycles. The van der Waals surface area contributed by atoms with Crippen molar-refractivity contribution in [3.05, 3.63) is 72.0 Å². The number of benzene rings is 2. The molecule has 8 heteroatoms. The Kier molecular flexibility index (Phi) is 5.03. The lowest BCUT2D eigenvalue weighted by Crippen LogP contribution is -2.47. The van der Waals surface area contributed by atoms with Crippen molar-refractivity contribution in [2.24, 2.45) is 0 Å². The van der Waals surface area contributed by atoms with Gasteiger partial charge in [-0.3, -0.25) is 0 Å². The highest BCUT2D eigenvalue weighted by Gasteiger charge is 2.21. The molecule has 1 fully saturated rings. The maximum Gasteiger partial charge on any atom is 0.229 e. The quantitative estimate of drug-likeness (QED) is 0.535. The zero-order chi connectivity index (χ0) is 20.3. The Morgan fingerprint density at radius 2 is 1.57 bits per heavy atom. The van der Waals surface area contributed by atoms with Crippen LogP contribution in [0.3, 0.4) is 0 Å². The van der Waals surface area contributed by atoms with Crippen LogP contribution in [0.5, 0.6) is 0 Å². The van der Waals surface area contributed by atoms with Gasteiger partial charge in [0.1, 0.15) is 0 Å². The number of hydrogen-bond acceptors (Lipinski definition) is 7. The molecule has 0 unspecified atom stereocenters. The average Bonchev–Trinajstić information content (AvgIpc) is 2.80. The Balaban J connectivity index is 1.41. The van der Waals surface area contributed by atoms with Crippen LogP contribution in [0.4, 0.5) is 23.1 Å². The second kappa shape index (κ2) is 8.12. The molecular weight excluding hydrogens is 398 g/mol. The third-order valence-electron chi connectivity index (χ3n) is 5.09. The van der Waals surface area contributed by atoms with Crippen molar-refractivity contribution < 1.29 is 0 Å². The van der Waals surface area contributed by atoms with Gasteiger partial charge >= 0.3 is 0 Å². The summed E-state index contributed by atoms with van der Waals surface area (Å²) in [7, 11) is 0. The Morgan fingerprint density at radius 3 is 2.37 bits per heavy atom. The van der Waals surface area contributed by atoms with E-state index in [9.17, 15) is 0 Å². The summed E-state index contributed by atoms with van der Waals surface area (Å²) in [6.07, 6.45) is 3.31. The molecule has 0 radical (unpaired) electrons. The molecule has 0 spiro atoms. The summed E-state index contributed by atoms with van der Waals surface area (Å²) in [5.41, 5.74) is 3.32. The van der Waals surface area contributed by atoms with E-state index < -0.39 is 0 Å². The second-order valence-corrected chi connectivity index (χ2v) is 7.48. The second-order valence-electron chi connectivity index (χ2n) is 7.05. The van der Waals surface area contributed by atoms with Gasteiger partial charge in [0, 0.05) is 55.0 Å². The lowest BCUT2D eigenvalue weighted by atomic mass is 10.2. The van der Waals surface area contributed by atoms with Gasteiger partial charge in [-0.05, 0) is 30.3 Å². The summed E-state index contributed by atoms with van der Waals surface area (Å²) in [5, 5.41) is 4.11. The molecule has 7 nitrogen and oxygen atoms in total. The first kappa shape index (κ1) is 18.6. The van der Waals surface area contributed by atoms with E-state index in [4.69, 9.17) is 16.6 Å². The number of rotatable bonds is 4. The van der Waals surface area contributed by atoms with Crippen molar-refractivity contribution in [3.63, 3.8) is 0 Å². The van der Waals surface area contributed by atoms with E-state index >= 15 is 0 Å². The maximum atomic E-state index is 6.15. The van der Waals surface area contributed by atoms with E-state index in [1.54, 1.807) is 12.4 Å². The maximum absolute atomic E-state index is 6.15. The Labute approximate surface area is 179 Å². The molecule has 5 rings (SSSR count). The fourth-order valence-electron chi connectivity index (χ4n) is 3.58. The highest BCUT2D eigenvalue weighted by molar-refractivity contribution is 6.30. The van der Waals surface area contributed by atoms with E-state index in [0.29, 0.717) is 22.9 Å². The van der Waals surface area contributed by atoms with Crippen LogP contribution in [0, 0.1) is 0 Å². The zero-order valence-electron chi connectivity index (χ0n) is 16.2. The normalized spacial score (nSPS) is 14.2. The predicted molar refractivity (Wildman–Crippen MR) is 121 cm³/mol. The van der Waals surface area contributed by atoms with Crippen LogP contribution >= 0.6 is 11.6 Å². The molecule has 30 heavy (non-hydrogen) atoms. The molecule has 1 aliphatic rings. The molecule has 0 aliphatic carbocycles. The zero-order valence-corrected chi connectivity index (χ0v) is 17.0. The highest BCUT2D eigenvalue weighted by atomic mass is 35.5. The lowest BCUT2D eigenvalue weighted by Gasteiger charge is -2.36. The summed E-state index contributed by atoms with van der Waals surface area (Å²) in [4.78, 5) is 22.8. The van der Waals surface area contributed by atoms with Crippen molar-refractivity contribution in [3.8, 4) is 0 Å². The molecule has 0 atom stereocenters. The largest absolute Gasteiger partial charge is 0.368 e. The van der Waals surface area contributed by atoms with Gasteiger partial charge in [0.25, 0.3) is 0 Å². The van der Waals surface area contributed by atoms with Crippen molar-refractivity contribution in [2.45, 2.75) is 0 Å². The first-order valence-corrected chi connectivity index (χ1v) is 10.2. The molecule has 3 heterocycles. The number of para-hydroxylation sites is 1. The van der Waals surface area contributed by atoms with Gasteiger partial charge in [-0.15, -0.1) is 0 Å². The van der Waals surface area contributed by atoms with Crippen molar-refractivity contribution >= 4 is 45.9 Å². The van der Waals surface area contributed by atoms with Gasteiger partial charge < -0.3 is 15.1 Å². The Morgan fingerprint density at radius 1 is 0.800 bits per heavy atom. The molecule has 1 aliphatic heterocycles. The minimum Gasteiger partial charge on any atom is -0.368 e. The van der Waals surface area contributed by atoms with Gasteiger partial charge in [-0.1, -0.05) is 35.9 Å². The molecule has 150 valence electrons. The molecule has 2 aromatic carbocycles. The fraction of sp³-hybridized carbons (Fsp3) is 0.182. The summed E-state index contributed by atoms with van der Waals surface area (Å²) >= 11 is 6.15. The van der Waals surface area contributed by atoms with E-state index in [0.717, 1.165) is 42.6 Å². The van der Waals surface area contributed by atoms with Crippen LogP contribution in [0.2, 0.25) is 5.02 Å². The molecule has 4 aromatic rings. The minimum atomic E-state index is 0.582. The van der Waals surface area contributed by atoms with Crippen molar-refractivity contribution in [1.82, 2.24) is 19.9 Å². The van der Waals surface area contributed by atoms with Crippen molar-refractivity contribution in [2.75, 3.05) is 41.3 Å². The number of piperazine rings is 1. The summed E-state index contributed by atoms with van der Waals surface area (Å²) in [6.45, 7) is 3.35. The first-order chi connectivity index (χ1) is 14.8. The van der Waals surface area contributed by atoms with Crippen LogP contribution in [0.15, 0.2) is 67.0 Å². The average molecular weight is 418 g/mol. The SMILES string of the molecule is Clc1cccc(N2CCN(c3nc(Nc4ccccc4)c4nccnc4n3)CC2)c1. The van der Waals surface area contributed by atoms with Crippen molar-refractivity contribution in [1.29, 1.82) is 0 Å². The van der Waals surface area contributed by atoms with Crippen LogP contribution < -0.4 is 15.1 Å². The molecule has 1 N–H and O–H groups in total. The third-order valence-corrected chi connectivity index (χ3v) is 5.33. The minimum absolute atomic E-state index is 0.582. The van der Waals surface area contributed by atoms with E-state index in [2.05, 4.69) is 36.1 Å². The molecular formula is C22H20ClN7. The van der Waals surface area contributed by atoms with Crippen LogP contribution in [-0.2, 0) is 0 Å². The van der Waals surface area contributed by atoms with Gasteiger partial charge in [0.15, 0.2) is 17.0 Å². The van der Waals surface area contributed by atoms with Gasteiger partial charge in [0.2, 0.25) is 5.95 Å². The first-order valence-electron chi connectivity index (χ1n) is 9.82. The number of anilines is 4. The standard InChI is InChI=1S/C22H20ClN7/c23-16-5-4-8-18(15-16)29-11-13-30(14-12-29)22-27-20-19(24-9-10-25-20)21(28-22)26-17-6-2-1-3-7-17/h1-10,15H,11-14H2,(H,25,26,27,28). The summed E-state index contributed by atoms with van der Waals surface area (Å²) < 4.78 is 0. The number of hydrogen-bond donors (Lipinski definition) is 1. The number of nitrogens with zero attached hydrogens (tertiary/aromatic N) is 6. The van der Waals surface area contributed by atoms with E-state index in [-0.39, 0.29) is 0 Å². The molecule has 0 amide bonds. The highest BCUT2D eigenvalue weighted by Crippen LogP contribution is 2.26. The molecule has 2 aromatic heterocycles. The summed E-state index contributed by atoms with van der Waals surface area (Å²) in [6, 6.07) is 17.9. The number of halogens is 1. The Hall–Kier alpha value is -3.45. The number of nitrogens with one attached hydrogen (secondary N) is 1. The summed E-state index contributed by atoms with van der Waals surface area (Å²) in [5.74, 6) is 1.32. The Bertz CT molecular complexity index is 1160. The van der Waals surface area contributed by atoms with Crippen LogP contribution in [-0.4, -0.2) is 46.1 Å². The van der Waals surface area contributed by atoms with Gasteiger partial charge in [-0.2, -0.15) is 9.97 Å². The number of aromatic nitrogens is 4. The predicted octanol–water partition coefficient (Wildman–Crippen LogP) is 4.14. The topological polar surface area (TPSA) is 70.1 Å². The molecule has 0 bridgehead atoms. The smallest absolute Gasteiger partial charge is 0.229 e. The van der Waals surface area contributed by atoms with Crippen LogP contribution in [0.1, 0.15) is 0 Å². The van der Waals surface area contributed by atoms with Gasteiger partial charge in [-0.25, -0.2) is 9.97 Å². The van der Waals surface area contributed by atoms with Gasteiger partial charge in [0.05, 0.1) is 0 Å². The lowest BCUT2D eigenvalue weighted by molar-refractivity contribution is 0.641.